The molecule has 0 radical (unpaired) electrons. The zero-order valence-electron chi connectivity index (χ0n) is 9.19. The van der Waals surface area contributed by atoms with Crippen LogP contribution in [0.4, 0.5) is 0 Å². The topological polar surface area (TPSA) is 41.5 Å². The minimum atomic E-state index is 0. The average molecular weight is 242 g/mol. The predicted molar refractivity (Wildman–Crippen MR) is 67.4 cm³/mol. The van der Waals surface area contributed by atoms with E-state index in [1.54, 1.807) is 13.2 Å². The summed E-state index contributed by atoms with van der Waals surface area (Å²) >= 11 is 0. The number of methoxy groups -OCH3 is 1. The van der Waals surface area contributed by atoms with Crippen molar-refractivity contribution in [1.29, 1.82) is 0 Å². The Morgan fingerprint density at radius 1 is 1.38 bits per heavy atom. The van der Waals surface area contributed by atoms with Crippen LogP contribution >= 0.6 is 12.4 Å². The van der Waals surface area contributed by atoms with Crippen molar-refractivity contribution < 1.29 is 9.84 Å². The summed E-state index contributed by atoms with van der Waals surface area (Å²) in [4.78, 5) is 0. The number of nitrogens with one attached hydrogen (secondary N) is 1. The summed E-state index contributed by atoms with van der Waals surface area (Å²) in [5.74, 6) is 0.725. The van der Waals surface area contributed by atoms with Gasteiger partial charge in [0, 0.05) is 6.54 Å². The summed E-state index contributed by atoms with van der Waals surface area (Å²) in [6, 6.07) is 5.48. The maximum Gasteiger partial charge on any atom is 0.161 e. The van der Waals surface area contributed by atoms with Crippen LogP contribution in [-0.4, -0.2) is 25.3 Å². The number of hydrogen-bond donors (Lipinski definition) is 2. The van der Waals surface area contributed by atoms with Gasteiger partial charge in [0.25, 0.3) is 0 Å². The van der Waals surface area contributed by atoms with Gasteiger partial charge >= 0.3 is 0 Å². The average Bonchev–Trinajstić information content (AvgIpc) is 2.31. The fourth-order valence-electron chi connectivity index (χ4n) is 1.76. The Morgan fingerprint density at radius 2 is 2.19 bits per heavy atom. The van der Waals surface area contributed by atoms with Crippen molar-refractivity contribution in [3.63, 3.8) is 0 Å². The van der Waals surface area contributed by atoms with Crippen molar-refractivity contribution in [2.75, 3.05) is 20.2 Å². The monoisotopic (exact) mass is 241 g/mol. The Bertz CT molecular complexity index is 391. The highest BCUT2D eigenvalue weighted by atomic mass is 35.5. The van der Waals surface area contributed by atoms with E-state index >= 15 is 0 Å². The largest absolute Gasteiger partial charge is 0.504 e. The smallest absolute Gasteiger partial charge is 0.161 e. The third-order valence-corrected chi connectivity index (χ3v) is 2.61. The molecule has 1 aliphatic rings. The SMILES string of the molecule is COc1cc(C2=CCNCC2)ccc1O.Cl. The van der Waals surface area contributed by atoms with Crippen LogP contribution in [0.1, 0.15) is 12.0 Å². The summed E-state index contributed by atoms with van der Waals surface area (Å²) in [5, 5.41) is 12.7. The molecule has 0 aromatic heterocycles. The van der Waals surface area contributed by atoms with Crippen LogP contribution in [0.3, 0.4) is 0 Å². The molecule has 2 rings (SSSR count). The van der Waals surface area contributed by atoms with Gasteiger partial charge in [-0.3, -0.25) is 0 Å². The van der Waals surface area contributed by atoms with Gasteiger partial charge in [0.05, 0.1) is 7.11 Å². The van der Waals surface area contributed by atoms with E-state index in [1.165, 1.54) is 5.57 Å². The Labute approximate surface area is 102 Å². The fourth-order valence-corrected chi connectivity index (χ4v) is 1.76. The Kier molecular flexibility index (Phi) is 4.65. The lowest BCUT2D eigenvalue weighted by molar-refractivity contribution is 0.373. The molecule has 0 atom stereocenters. The molecule has 1 heterocycles. The molecule has 16 heavy (non-hydrogen) atoms. The minimum absolute atomic E-state index is 0. The minimum Gasteiger partial charge on any atom is -0.504 e. The second-order valence-corrected chi connectivity index (χ2v) is 3.57. The first-order valence-electron chi connectivity index (χ1n) is 5.08. The number of aromatic hydroxyl groups is 1. The molecular formula is C12H16ClNO2. The number of ether oxygens (including phenoxy) is 1. The van der Waals surface area contributed by atoms with Gasteiger partial charge in [-0.1, -0.05) is 12.1 Å². The van der Waals surface area contributed by atoms with Gasteiger partial charge in [0.1, 0.15) is 0 Å². The van der Waals surface area contributed by atoms with E-state index in [-0.39, 0.29) is 18.2 Å². The zero-order valence-corrected chi connectivity index (χ0v) is 10.0. The Hall–Kier alpha value is -1.19. The maximum atomic E-state index is 9.48. The normalized spacial score (nSPS) is 14.9. The summed E-state index contributed by atoms with van der Waals surface area (Å²) in [5.41, 5.74) is 2.44. The van der Waals surface area contributed by atoms with E-state index in [9.17, 15) is 5.11 Å². The van der Waals surface area contributed by atoms with Crippen molar-refractivity contribution >= 4 is 18.0 Å². The van der Waals surface area contributed by atoms with E-state index < -0.39 is 0 Å². The number of phenolic OH excluding ortho intramolecular Hbond substituents is 1. The first-order chi connectivity index (χ1) is 7.31. The van der Waals surface area contributed by atoms with Crippen LogP contribution in [-0.2, 0) is 0 Å². The van der Waals surface area contributed by atoms with E-state index in [0.717, 1.165) is 25.1 Å². The molecule has 3 nitrogen and oxygen atoms in total. The van der Waals surface area contributed by atoms with Crippen molar-refractivity contribution in [1.82, 2.24) is 5.32 Å². The van der Waals surface area contributed by atoms with Crippen molar-refractivity contribution in [3.8, 4) is 11.5 Å². The molecule has 0 spiro atoms. The lowest BCUT2D eigenvalue weighted by Gasteiger charge is -2.15. The van der Waals surface area contributed by atoms with E-state index in [0.29, 0.717) is 5.75 Å². The molecule has 0 saturated heterocycles. The summed E-state index contributed by atoms with van der Waals surface area (Å²) < 4.78 is 5.08. The summed E-state index contributed by atoms with van der Waals surface area (Å²) in [6.07, 6.45) is 3.20. The zero-order chi connectivity index (χ0) is 10.7. The van der Waals surface area contributed by atoms with Gasteiger partial charge in [-0.25, -0.2) is 0 Å². The lowest BCUT2D eigenvalue weighted by Crippen LogP contribution is -2.19. The molecule has 2 N–H and O–H groups in total. The molecule has 4 heteroatoms. The van der Waals surface area contributed by atoms with E-state index in [1.807, 2.05) is 12.1 Å². The van der Waals surface area contributed by atoms with Gasteiger partial charge in [-0.05, 0) is 36.2 Å². The van der Waals surface area contributed by atoms with Crippen molar-refractivity contribution in [2.24, 2.45) is 0 Å². The number of halogens is 1. The molecule has 0 amide bonds. The van der Waals surface area contributed by atoms with E-state index in [2.05, 4.69) is 11.4 Å². The van der Waals surface area contributed by atoms with Gasteiger partial charge in [0.2, 0.25) is 0 Å². The highest BCUT2D eigenvalue weighted by molar-refractivity contribution is 5.85. The maximum absolute atomic E-state index is 9.48. The third kappa shape index (κ3) is 2.68. The highest BCUT2D eigenvalue weighted by Gasteiger charge is 2.08. The number of phenols is 1. The number of benzene rings is 1. The van der Waals surface area contributed by atoms with Crippen molar-refractivity contribution in [2.45, 2.75) is 6.42 Å². The molecule has 0 fully saturated rings. The second kappa shape index (κ2) is 5.77. The molecule has 0 unspecified atom stereocenters. The van der Waals surface area contributed by atoms with Crippen LogP contribution in [0.25, 0.3) is 5.57 Å². The first-order valence-corrected chi connectivity index (χ1v) is 5.08. The molecular weight excluding hydrogens is 226 g/mol. The molecule has 0 saturated carbocycles. The third-order valence-electron chi connectivity index (χ3n) is 2.61. The molecule has 88 valence electrons. The highest BCUT2D eigenvalue weighted by Crippen LogP contribution is 2.30. The molecule has 0 bridgehead atoms. The van der Waals surface area contributed by atoms with Crippen molar-refractivity contribution in [3.05, 3.63) is 29.8 Å². The quantitative estimate of drug-likeness (QED) is 0.834. The Morgan fingerprint density at radius 3 is 2.81 bits per heavy atom. The number of hydrogen-bond acceptors (Lipinski definition) is 3. The van der Waals surface area contributed by atoms with Crippen LogP contribution in [0.5, 0.6) is 11.5 Å². The van der Waals surface area contributed by atoms with Crippen LogP contribution in [0.2, 0.25) is 0 Å². The summed E-state index contributed by atoms with van der Waals surface area (Å²) in [6.45, 7) is 1.92. The number of rotatable bonds is 2. The van der Waals surface area contributed by atoms with Crippen LogP contribution < -0.4 is 10.1 Å². The predicted octanol–water partition coefficient (Wildman–Crippen LogP) is 2.20. The van der Waals surface area contributed by atoms with Gasteiger partial charge in [-0.2, -0.15) is 0 Å². The second-order valence-electron chi connectivity index (χ2n) is 3.57. The molecule has 1 aliphatic heterocycles. The Balaban J connectivity index is 0.00000128. The molecule has 0 aliphatic carbocycles. The van der Waals surface area contributed by atoms with Gasteiger partial charge < -0.3 is 15.2 Å². The van der Waals surface area contributed by atoms with Gasteiger partial charge in [0.15, 0.2) is 11.5 Å². The lowest BCUT2D eigenvalue weighted by atomic mass is 10.00. The summed E-state index contributed by atoms with van der Waals surface area (Å²) in [7, 11) is 1.57. The molecule has 1 aromatic rings. The standard InChI is InChI=1S/C12H15NO2.ClH/c1-15-12-8-10(2-3-11(12)14)9-4-6-13-7-5-9;/h2-4,8,13-14H,5-7H2,1H3;1H. The fraction of sp³-hybridized carbons (Fsp3) is 0.333. The van der Waals surface area contributed by atoms with E-state index in [4.69, 9.17) is 4.74 Å². The van der Waals surface area contributed by atoms with Crippen LogP contribution in [0, 0.1) is 0 Å². The van der Waals surface area contributed by atoms with Crippen LogP contribution in [0.15, 0.2) is 24.3 Å². The first kappa shape index (κ1) is 12.9. The molecule has 1 aromatic carbocycles. The van der Waals surface area contributed by atoms with Gasteiger partial charge in [-0.15, -0.1) is 12.4 Å².